The zero-order valence-corrected chi connectivity index (χ0v) is 20.1. The summed E-state index contributed by atoms with van der Waals surface area (Å²) in [5.74, 6) is 1.09. The van der Waals surface area contributed by atoms with Crippen LogP contribution in [0.1, 0.15) is 74.0 Å². The van der Waals surface area contributed by atoms with E-state index in [4.69, 9.17) is 4.74 Å². The Hall–Kier alpha value is -2.60. The van der Waals surface area contributed by atoms with Crippen molar-refractivity contribution in [3.05, 3.63) is 22.9 Å². The number of rotatable bonds is 6. The van der Waals surface area contributed by atoms with Crippen LogP contribution in [-0.2, 0) is 9.53 Å². The third-order valence-electron chi connectivity index (χ3n) is 7.11. The van der Waals surface area contributed by atoms with E-state index in [0.717, 1.165) is 31.0 Å². The van der Waals surface area contributed by atoms with Crippen molar-refractivity contribution in [2.24, 2.45) is 17.8 Å². The average molecular weight is 471 g/mol. The average Bonchev–Trinajstić information content (AvgIpc) is 2.72. The molecule has 0 radical (unpaired) electrons. The van der Waals surface area contributed by atoms with Gasteiger partial charge in [-0.3, -0.25) is 10.1 Å². The third-order valence-corrected chi connectivity index (χ3v) is 8.21. The molecule has 1 aromatic heterocycles. The van der Waals surface area contributed by atoms with Crippen molar-refractivity contribution in [2.45, 2.75) is 75.1 Å². The van der Waals surface area contributed by atoms with Gasteiger partial charge in [-0.15, -0.1) is 0 Å². The predicted octanol–water partition coefficient (Wildman–Crippen LogP) is 3.71. The normalized spacial score (nSPS) is 28.0. The van der Waals surface area contributed by atoms with Crippen LogP contribution in [0, 0.1) is 36.0 Å². The van der Waals surface area contributed by atoms with Crippen LogP contribution in [-0.4, -0.2) is 40.3 Å². The van der Waals surface area contributed by atoms with E-state index in [-0.39, 0.29) is 23.3 Å². The number of urea groups is 1. The summed E-state index contributed by atoms with van der Waals surface area (Å²) in [6.07, 6.45) is 6.85. The zero-order valence-electron chi connectivity index (χ0n) is 19.3. The fraction of sp³-hybridized carbons (Fsp3) is 0.625. The van der Waals surface area contributed by atoms with Crippen LogP contribution in [0.15, 0.2) is 11.1 Å². The minimum absolute atomic E-state index is 0.176. The summed E-state index contributed by atoms with van der Waals surface area (Å²) in [5.41, 5.74) is 0.656. The third kappa shape index (κ3) is 5.01. The molecule has 4 saturated carbocycles. The van der Waals surface area contributed by atoms with Crippen molar-refractivity contribution in [1.82, 2.24) is 15.6 Å². The maximum atomic E-state index is 12.7. The summed E-state index contributed by atoms with van der Waals surface area (Å²) in [7, 11) is 0. The molecule has 1 atom stereocenters. The van der Waals surface area contributed by atoms with E-state index in [0.29, 0.717) is 28.5 Å². The molecule has 0 aliphatic heterocycles. The monoisotopic (exact) mass is 470 g/mol. The molecule has 2 N–H and O–H groups in total. The number of thioether (sulfide) groups is 1. The number of carbonyl (C=O) groups is 3. The molecule has 5 rings (SSSR count). The van der Waals surface area contributed by atoms with Gasteiger partial charge in [0, 0.05) is 5.54 Å². The number of hydrogen-bond donors (Lipinski definition) is 2. The van der Waals surface area contributed by atoms with Crippen molar-refractivity contribution < 1.29 is 19.1 Å². The van der Waals surface area contributed by atoms with Gasteiger partial charge in [0.05, 0.1) is 28.7 Å². The molecular formula is C24H30N4O4S. The van der Waals surface area contributed by atoms with Gasteiger partial charge >= 0.3 is 12.0 Å². The highest BCUT2D eigenvalue weighted by Gasteiger charge is 2.51. The summed E-state index contributed by atoms with van der Waals surface area (Å²) in [5, 5.41) is 14.8. The van der Waals surface area contributed by atoms with E-state index in [1.54, 1.807) is 20.8 Å². The Morgan fingerprint density at radius 2 is 1.85 bits per heavy atom. The van der Waals surface area contributed by atoms with Gasteiger partial charge in [0.25, 0.3) is 0 Å². The number of aryl methyl sites for hydroxylation is 1. The molecular weight excluding hydrogens is 440 g/mol. The number of carbonyl (C=O) groups excluding carboxylic acids is 3. The van der Waals surface area contributed by atoms with Crippen molar-refractivity contribution >= 4 is 29.7 Å². The molecule has 176 valence electrons. The first kappa shape index (κ1) is 23.6. The van der Waals surface area contributed by atoms with E-state index in [2.05, 4.69) is 15.6 Å². The molecule has 0 aromatic carbocycles. The number of pyridine rings is 1. The molecule has 9 heteroatoms. The second-order valence-electron chi connectivity index (χ2n) is 9.71. The number of ether oxygens (including phenoxy) is 1. The van der Waals surface area contributed by atoms with Gasteiger partial charge in [0.1, 0.15) is 11.1 Å². The van der Waals surface area contributed by atoms with Crippen LogP contribution in [0.5, 0.6) is 0 Å². The molecule has 3 amide bonds. The number of imide groups is 1. The summed E-state index contributed by atoms with van der Waals surface area (Å²) < 4.78 is 5.01. The highest BCUT2D eigenvalue weighted by atomic mass is 32.2. The summed E-state index contributed by atoms with van der Waals surface area (Å²) in [4.78, 5) is 41.8. The van der Waals surface area contributed by atoms with Crippen LogP contribution in [0.2, 0.25) is 0 Å². The van der Waals surface area contributed by atoms with Gasteiger partial charge in [-0.25, -0.2) is 14.6 Å². The quantitative estimate of drug-likeness (QED) is 0.480. The molecule has 1 heterocycles. The second-order valence-corrected chi connectivity index (χ2v) is 11.0. The zero-order chi connectivity index (χ0) is 23.8. The lowest BCUT2D eigenvalue weighted by molar-refractivity contribution is -0.119. The van der Waals surface area contributed by atoms with E-state index < -0.39 is 23.2 Å². The van der Waals surface area contributed by atoms with Crippen LogP contribution in [0.4, 0.5) is 4.79 Å². The molecule has 33 heavy (non-hydrogen) atoms. The van der Waals surface area contributed by atoms with Crippen molar-refractivity contribution in [3.63, 3.8) is 0 Å². The standard InChI is InChI=1S/C24H30N4O4S/c1-4-32-22(30)19-8-18(12-25)21(26-13(19)2)33-14(3)20(29)27-23(31)28-24-9-15-5-16(10-24)7-17(6-15)11-24/h8,14-17H,4-7,9-11H2,1-3H3,(H2,27,28,29,31). The Bertz CT molecular complexity index is 983. The Morgan fingerprint density at radius 3 is 2.39 bits per heavy atom. The first-order valence-electron chi connectivity index (χ1n) is 11.6. The Kier molecular flexibility index (Phi) is 6.66. The first-order valence-corrected chi connectivity index (χ1v) is 12.5. The summed E-state index contributed by atoms with van der Waals surface area (Å²) >= 11 is 1.08. The van der Waals surface area contributed by atoms with Crippen LogP contribution >= 0.6 is 11.8 Å². The number of amides is 3. The maximum Gasteiger partial charge on any atom is 0.340 e. The lowest BCUT2D eigenvalue weighted by Crippen LogP contribution is -2.62. The molecule has 4 fully saturated rings. The highest BCUT2D eigenvalue weighted by molar-refractivity contribution is 8.00. The van der Waals surface area contributed by atoms with E-state index in [9.17, 15) is 19.6 Å². The summed E-state index contributed by atoms with van der Waals surface area (Å²) in [6, 6.07) is 3.02. The number of hydrogen-bond acceptors (Lipinski definition) is 7. The van der Waals surface area contributed by atoms with E-state index >= 15 is 0 Å². The maximum absolute atomic E-state index is 12.7. The van der Waals surface area contributed by atoms with Crippen molar-refractivity contribution in [2.75, 3.05) is 6.61 Å². The minimum Gasteiger partial charge on any atom is -0.462 e. The van der Waals surface area contributed by atoms with Gasteiger partial charge in [-0.05, 0) is 83.1 Å². The molecule has 1 unspecified atom stereocenters. The molecule has 4 aliphatic rings. The highest BCUT2D eigenvalue weighted by Crippen LogP contribution is 2.55. The van der Waals surface area contributed by atoms with Gasteiger partial charge in [0.15, 0.2) is 0 Å². The molecule has 4 bridgehead atoms. The predicted molar refractivity (Wildman–Crippen MR) is 123 cm³/mol. The number of esters is 1. The van der Waals surface area contributed by atoms with Crippen LogP contribution < -0.4 is 10.6 Å². The lowest BCUT2D eigenvalue weighted by atomic mass is 9.53. The lowest BCUT2D eigenvalue weighted by Gasteiger charge is -2.56. The largest absolute Gasteiger partial charge is 0.462 e. The topological polar surface area (TPSA) is 121 Å². The van der Waals surface area contributed by atoms with Gasteiger partial charge in [-0.1, -0.05) is 11.8 Å². The number of nitrogens with one attached hydrogen (secondary N) is 2. The molecule has 0 saturated heterocycles. The summed E-state index contributed by atoms with van der Waals surface area (Å²) in [6.45, 7) is 5.24. The van der Waals surface area contributed by atoms with Gasteiger partial charge in [-0.2, -0.15) is 5.26 Å². The Balaban J connectivity index is 1.38. The van der Waals surface area contributed by atoms with Gasteiger partial charge in [0.2, 0.25) is 5.91 Å². The Labute approximate surface area is 198 Å². The SMILES string of the molecule is CCOC(=O)c1cc(C#N)c(SC(C)C(=O)NC(=O)NC23CC4CC(CC(C4)C2)C3)nc1C. The van der Waals surface area contributed by atoms with Crippen molar-refractivity contribution in [3.8, 4) is 6.07 Å². The number of nitrogens with zero attached hydrogens (tertiary/aromatic N) is 2. The van der Waals surface area contributed by atoms with E-state index in [1.165, 1.54) is 25.3 Å². The van der Waals surface area contributed by atoms with Crippen LogP contribution in [0.25, 0.3) is 0 Å². The smallest absolute Gasteiger partial charge is 0.340 e. The molecule has 4 aliphatic carbocycles. The minimum atomic E-state index is -0.653. The molecule has 0 spiro atoms. The molecule has 1 aromatic rings. The fourth-order valence-corrected chi connectivity index (χ4v) is 7.06. The van der Waals surface area contributed by atoms with Crippen molar-refractivity contribution in [1.29, 1.82) is 5.26 Å². The second kappa shape index (κ2) is 9.34. The Morgan fingerprint density at radius 1 is 1.24 bits per heavy atom. The number of aromatic nitrogens is 1. The van der Waals surface area contributed by atoms with Gasteiger partial charge < -0.3 is 10.1 Å². The fourth-order valence-electron chi connectivity index (χ4n) is 6.14. The number of nitriles is 1. The van der Waals surface area contributed by atoms with Crippen LogP contribution in [0.3, 0.4) is 0 Å². The first-order chi connectivity index (χ1) is 15.7. The molecule has 8 nitrogen and oxygen atoms in total. The van der Waals surface area contributed by atoms with E-state index in [1.807, 2.05) is 6.07 Å².